The van der Waals surface area contributed by atoms with Gasteiger partial charge in [0.1, 0.15) is 0 Å². The molecule has 0 rings (SSSR count). The van der Waals surface area contributed by atoms with Crippen LogP contribution >= 0.6 is 0 Å². The average molecular weight is 346 g/mol. The zero-order valence-corrected chi connectivity index (χ0v) is 19.7. The molecule has 5 heteroatoms. The largest absolute Gasteiger partial charge is 1.00 e. The third kappa shape index (κ3) is 25.5. The summed E-state index contributed by atoms with van der Waals surface area (Å²) < 4.78 is 0. The number of hydrogen-bond acceptors (Lipinski definition) is 2. The van der Waals surface area contributed by atoms with Crippen LogP contribution in [0.15, 0.2) is 12.2 Å². The van der Waals surface area contributed by atoms with Crippen molar-refractivity contribution in [2.45, 2.75) is 96.5 Å². The Morgan fingerprint density at radius 1 is 0.957 bits per heavy atom. The maximum absolute atomic E-state index is 10.3. The molecule has 1 atom stereocenters. The summed E-state index contributed by atoms with van der Waals surface area (Å²) in [6.07, 6.45) is 17.4. The second kappa shape index (κ2) is 23.2. The number of unbranched alkanes of at least 4 members (excludes halogenated alkanes) is 8. The van der Waals surface area contributed by atoms with Gasteiger partial charge in [-0.25, -0.2) is 0 Å². The molecule has 2 N–H and O–H groups in total. The van der Waals surface area contributed by atoms with E-state index in [9.17, 15) is 9.90 Å². The van der Waals surface area contributed by atoms with E-state index in [0.717, 1.165) is 51.4 Å². The summed E-state index contributed by atoms with van der Waals surface area (Å²) in [4.78, 5) is 10.3. The molecular formula is C18H36Na2O3. The van der Waals surface area contributed by atoms with Gasteiger partial charge >= 0.3 is 65.1 Å². The third-order valence-electron chi connectivity index (χ3n) is 3.73. The van der Waals surface area contributed by atoms with E-state index in [1.165, 1.54) is 25.7 Å². The number of carboxylic acids is 1. The Morgan fingerprint density at radius 2 is 1.57 bits per heavy atom. The van der Waals surface area contributed by atoms with Crippen molar-refractivity contribution in [2.24, 2.45) is 0 Å². The number of aliphatic hydroxyl groups is 1. The summed E-state index contributed by atoms with van der Waals surface area (Å²) in [5.41, 5.74) is 0. The SMILES string of the molecule is CCCCCC[C@@H](O)C/C=C\CCCCCCCC(=O)O.[H-].[H-].[Na+].[Na+]. The maximum atomic E-state index is 10.3. The van der Waals surface area contributed by atoms with Crippen LogP contribution in [0.25, 0.3) is 0 Å². The molecule has 0 aromatic heterocycles. The Kier molecular flexibility index (Phi) is 29.2. The fourth-order valence-electron chi connectivity index (χ4n) is 2.36. The molecule has 0 saturated heterocycles. The van der Waals surface area contributed by atoms with E-state index in [4.69, 9.17) is 5.11 Å². The number of aliphatic hydroxyl groups excluding tert-OH is 1. The molecule has 0 bridgehead atoms. The van der Waals surface area contributed by atoms with Gasteiger partial charge in [-0.15, -0.1) is 0 Å². The topological polar surface area (TPSA) is 57.5 Å². The zero-order chi connectivity index (χ0) is 15.8. The minimum atomic E-state index is -0.689. The van der Waals surface area contributed by atoms with Gasteiger partial charge in [-0.05, 0) is 32.1 Å². The second-order valence-corrected chi connectivity index (χ2v) is 5.91. The van der Waals surface area contributed by atoms with Gasteiger partial charge in [0.25, 0.3) is 0 Å². The molecule has 0 amide bonds. The van der Waals surface area contributed by atoms with E-state index in [1.54, 1.807) is 0 Å². The zero-order valence-electron chi connectivity index (χ0n) is 17.7. The summed E-state index contributed by atoms with van der Waals surface area (Å²) >= 11 is 0. The Hall–Kier alpha value is 1.17. The van der Waals surface area contributed by atoms with Gasteiger partial charge in [-0.3, -0.25) is 4.79 Å². The van der Waals surface area contributed by atoms with Crippen LogP contribution in [0.4, 0.5) is 0 Å². The van der Waals surface area contributed by atoms with Crippen molar-refractivity contribution >= 4 is 5.97 Å². The Labute approximate surface area is 190 Å². The molecule has 0 fully saturated rings. The molecule has 0 aromatic carbocycles. The molecule has 0 aliphatic carbocycles. The molecule has 0 saturated carbocycles. The van der Waals surface area contributed by atoms with E-state index in [1.807, 2.05) is 0 Å². The van der Waals surface area contributed by atoms with Crippen LogP contribution in [0.1, 0.15) is 93.2 Å². The quantitative estimate of drug-likeness (QED) is 0.235. The monoisotopic (exact) mass is 346 g/mol. The number of hydrogen-bond donors (Lipinski definition) is 2. The summed E-state index contributed by atoms with van der Waals surface area (Å²) in [5.74, 6) is -0.689. The van der Waals surface area contributed by atoms with Crippen LogP contribution in [0.2, 0.25) is 0 Å². The first kappa shape index (κ1) is 29.0. The predicted molar refractivity (Wildman–Crippen MR) is 90.7 cm³/mol. The number of carbonyl (C=O) groups is 1. The molecule has 0 spiro atoms. The van der Waals surface area contributed by atoms with E-state index in [0.29, 0.717) is 6.42 Å². The van der Waals surface area contributed by atoms with Crippen molar-refractivity contribution in [2.75, 3.05) is 0 Å². The Balaban J connectivity index is -0.000000333. The standard InChI is InChI=1S/C18H34O3.2Na.2H/c1-2-3-4-11-14-17(19)15-12-9-7-5-6-8-10-13-16-18(20)21;;;;/h9,12,17,19H,2-8,10-11,13-16H2,1H3,(H,20,21);;;;/q;2*+1;2*-1/b12-9-;;;;/t17-;;;;/m1..../s1. The fourth-order valence-corrected chi connectivity index (χ4v) is 2.36. The summed E-state index contributed by atoms with van der Waals surface area (Å²) in [6, 6.07) is 0. The number of carboxylic acid groups (broad SMARTS) is 1. The molecule has 0 heterocycles. The first-order valence-corrected chi connectivity index (χ1v) is 8.71. The van der Waals surface area contributed by atoms with Crippen molar-refractivity contribution in [1.82, 2.24) is 0 Å². The Morgan fingerprint density at radius 3 is 2.22 bits per heavy atom. The predicted octanol–water partition coefficient (Wildman–Crippen LogP) is -0.688. The van der Waals surface area contributed by atoms with E-state index >= 15 is 0 Å². The van der Waals surface area contributed by atoms with E-state index < -0.39 is 5.97 Å². The molecule has 0 aliphatic rings. The molecule has 128 valence electrons. The van der Waals surface area contributed by atoms with Crippen molar-refractivity contribution in [3.8, 4) is 0 Å². The van der Waals surface area contributed by atoms with E-state index in [2.05, 4.69) is 19.1 Å². The van der Waals surface area contributed by atoms with Crippen LogP contribution in [-0.2, 0) is 4.79 Å². The van der Waals surface area contributed by atoms with Crippen LogP contribution in [0.3, 0.4) is 0 Å². The van der Waals surface area contributed by atoms with Crippen molar-refractivity contribution in [3.63, 3.8) is 0 Å². The number of aliphatic carboxylic acids is 1. The van der Waals surface area contributed by atoms with Gasteiger partial charge in [0.15, 0.2) is 0 Å². The van der Waals surface area contributed by atoms with Crippen molar-refractivity contribution < 1.29 is 77.0 Å². The molecule has 3 nitrogen and oxygen atoms in total. The van der Waals surface area contributed by atoms with Gasteiger partial charge in [0.2, 0.25) is 0 Å². The minimum absolute atomic E-state index is 0. The summed E-state index contributed by atoms with van der Waals surface area (Å²) in [7, 11) is 0. The third-order valence-corrected chi connectivity index (χ3v) is 3.73. The van der Waals surface area contributed by atoms with Gasteiger partial charge in [0.05, 0.1) is 6.10 Å². The van der Waals surface area contributed by atoms with Crippen LogP contribution in [0.5, 0.6) is 0 Å². The average Bonchev–Trinajstić information content (AvgIpc) is 2.45. The molecule has 0 unspecified atom stereocenters. The van der Waals surface area contributed by atoms with Crippen LogP contribution < -0.4 is 59.1 Å². The van der Waals surface area contributed by atoms with Crippen molar-refractivity contribution in [1.29, 1.82) is 0 Å². The molecule has 0 radical (unpaired) electrons. The first-order chi connectivity index (χ1) is 10.2. The normalized spacial score (nSPS) is 11.7. The van der Waals surface area contributed by atoms with Crippen molar-refractivity contribution in [3.05, 3.63) is 12.2 Å². The fraction of sp³-hybridized carbons (Fsp3) is 0.833. The number of rotatable bonds is 15. The molecule has 23 heavy (non-hydrogen) atoms. The van der Waals surface area contributed by atoms with Gasteiger partial charge in [-0.2, -0.15) is 0 Å². The van der Waals surface area contributed by atoms with Gasteiger partial charge in [0, 0.05) is 6.42 Å². The molecule has 0 aromatic rings. The maximum Gasteiger partial charge on any atom is 1.00 e. The summed E-state index contributed by atoms with van der Waals surface area (Å²) in [5, 5.41) is 18.3. The van der Waals surface area contributed by atoms with E-state index in [-0.39, 0.29) is 68.1 Å². The Bertz CT molecular complexity index is 281. The van der Waals surface area contributed by atoms with Crippen LogP contribution in [0, 0.1) is 0 Å². The number of allylic oxidation sites excluding steroid dienone is 1. The van der Waals surface area contributed by atoms with Crippen LogP contribution in [-0.4, -0.2) is 22.3 Å². The second-order valence-electron chi connectivity index (χ2n) is 5.91. The first-order valence-electron chi connectivity index (χ1n) is 8.71. The summed E-state index contributed by atoms with van der Waals surface area (Å²) in [6.45, 7) is 2.20. The molecule has 0 aliphatic heterocycles. The van der Waals surface area contributed by atoms with Gasteiger partial charge < -0.3 is 13.1 Å². The molecular weight excluding hydrogens is 310 g/mol. The minimum Gasteiger partial charge on any atom is -1.00 e. The van der Waals surface area contributed by atoms with Gasteiger partial charge in [-0.1, -0.05) is 64.0 Å². The smallest absolute Gasteiger partial charge is 1.00 e.